The van der Waals surface area contributed by atoms with Crippen LogP contribution in [0, 0.1) is 12.8 Å². The van der Waals surface area contributed by atoms with Crippen LogP contribution in [0.25, 0.3) is 0 Å². The van der Waals surface area contributed by atoms with Gasteiger partial charge in [-0.05, 0) is 31.7 Å². The molecule has 0 spiro atoms. The molecule has 0 saturated carbocycles. The first-order valence-corrected chi connectivity index (χ1v) is 5.64. The number of hydrogen-bond acceptors (Lipinski definition) is 2. The topological polar surface area (TPSA) is 41.1 Å². The number of anilines is 1. The van der Waals surface area contributed by atoms with Crippen LogP contribution in [0.15, 0.2) is 18.2 Å². The Balaban J connectivity index is 2.72. The Bertz CT molecular complexity index is 379. The largest absolute Gasteiger partial charge is 0.324 e. The van der Waals surface area contributed by atoms with Gasteiger partial charge in [0.25, 0.3) is 0 Å². The second-order valence-electron chi connectivity index (χ2n) is 3.93. The second kappa shape index (κ2) is 5.87. The van der Waals surface area contributed by atoms with E-state index in [2.05, 4.69) is 10.6 Å². The van der Waals surface area contributed by atoms with E-state index in [0.717, 1.165) is 5.56 Å². The van der Waals surface area contributed by atoms with Crippen molar-refractivity contribution < 1.29 is 4.79 Å². The Morgan fingerprint density at radius 1 is 1.50 bits per heavy atom. The summed E-state index contributed by atoms with van der Waals surface area (Å²) in [4.78, 5) is 11.8. The summed E-state index contributed by atoms with van der Waals surface area (Å²) in [5.41, 5.74) is 1.75. The van der Waals surface area contributed by atoms with Crippen molar-refractivity contribution in [3.63, 3.8) is 0 Å². The van der Waals surface area contributed by atoms with Crippen LogP contribution in [-0.4, -0.2) is 19.5 Å². The monoisotopic (exact) mass is 240 g/mol. The Morgan fingerprint density at radius 3 is 2.81 bits per heavy atom. The molecule has 1 unspecified atom stereocenters. The van der Waals surface area contributed by atoms with Crippen LogP contribution in [0.2, 0.25) is 5.02 Å². The molecule has 0 bridgehead atoms. The zero-order valence-electron chi connectivity index (χ0n) is 9.80. The molecule has 1 rings (SSSR count). The normalized spacial score (nSPS) is 12.2. The highest BCUT2D eigenvalue weighted by molar-refractivity contribution is 6.33. The minimum atomic E-state index is -0.0819. The van der Waals surface area contributed by atoms with E-state index in [1.165, 1.54) is 0 Å². The van der Waals surface area contributed by atoms with Gasteiger partial charge in [-0.2, -0.15) is 0 Å². The van der Waals surface area contributed by atoms with Crippen molar-refractivity contribution in [3.8, 4) is 0 Å². The summed E-state index contributed by atoms with van der Waals surface area (Å²) >= 11 is 5.99. The Kier molecular flexibility index (Phi) is 4.77. The van der Waals surface area contributed by atoms with Gasteiger partial charge in [-0.1, -0.05) is 24.6 Å². The maximum atomic E-state index is 11.8. The van der Waals surface area contributed by atoms with E-state index in [9.17, 15) is 4.79 Å². The molecule has 1 amide bonds. The number of benzene rings is 1. The number of rotatable bonds is 4. The standard InChI is InChI=1S/C12H17ClN2O/c1-8-4-5-10(13)11(6-8)15-12(16)9(2)7-14-3/h4-6,9,14H,7H2,1-3H3,(H,15,16). The molecule has 0 heterocycles. The smallest absolute Gasteiger partial charge is 0.228 e. The van der Waals surface area contributed by atoms with Crippen molar-refractivity contribution >= 4 is 23.2 Å². The lowest BCUT2D eigenvalue weighted by Crippen LogP contribution is -2.28. The van der Waals surface area contributed by atoms with E-state index in [1.807, 2.05) is 33.0 Å². The minimum Gasteiger partial charge on any atom is -0.324 e. The molecule has 2 N–H and O–H groups in total. The molecule has 0 aliphatic rings. The first-order chi connectivity index (χ1) is 7.54. The van der Waals surface area contributed by atoms with Gasteiger partial charge < -0.3 is 10.6 Å². The molecule has 0 aliphatic heterocycles. The third kappa shape index (κ3) is 3.51. The fourth-order valence-electron chi connectivity index (χ4n) is 1.39. The van der Waals surface area contributed by atoms with Crippen molar-refractivity contribution in [2.24, 2.45) is 5.92 Å². The number of nitrogens with one attached hydrogen (secondary N) is 2. The molecule has 1 atom stereocenters. The predicted octanol–water partition coefficient (Wildman–Crippen LogP) is 2.44. The molecule has 3 nitrogen and oxygen atoms in total. The lowest BCUT2D eigenvalue weighted by Gasteiger charge is -2.13. The van der Waals surface area contributed by atoms with Gasteiger partial charge in [0.2, 0.25) is 5.91 Å². The average molecular weight is 241 g/mol. The number of halogens is 1. The van der Waals surface area contributed by atoms with Crippen LogP contribution < -0.4 is 10.6 Å². The third-order valence-electron chi connectivity index (χ3n) is 2.34. The number of carbonyl (C=O) groups excluding carboxylic acids is 1. The lowest BCUT2D eigenvalue weighted by atomic mass is 10.1. The molecular formula is C12H17ClN2O. The molecule has 1 aromatic rings. The predicted molar refractivity (Wildman–Crippen MR) is 67.9 cm³/mol. The fourth-order valence-corrected chi connectivity index (χ4v) is 1.55. The minimum absolute atomic E-state index is 0.0261. The second-order valence-corrected chi connectivity index (χ2v) is 4.34. The van der Waals surface area contributed by atoms with Crippen molar-refractivity contribution in [1.82, 2.24) is 5.32 Å². The highest BCUT2D eigenvalue weighted by atomic mass is 35.5. The van der Waals surface area contributed by atoms with Gasteiger partial charge in [0.05, 0.1) is 10.7 Å². The summed E-state index contributed by atoms with van der Waals surface area (Å²) < 4.78 is 0. The molecule has 0 aliphatic carbocycles. The highest BCUT2D eigenvalue weighted by Gasteiger charge is 2.13. The number of aryl methyl sites for hydroxylation is 1. The van der Waals surface area contributed by atoms with Crippen LogP contribution in [0.3, 0.4) is 0 Å². The average Bonchev–Trinajstić information content (AvgIpc) is 2.23. The maximum absolute atomic E-state index is 11.8. The van der Waals surface area contributed by atoms with E-state index >= 15 is 0 Å². The summed E-state index contributed by atoms with van der Waals surface area (Å²) in [5, 5.41) is 6.36. The molecular weight excluding hydrogens is 224 g/mol. The SMILES string of the molecule is CNCC(C)C(=O)Nc1cc(C)ccc1Cl. The molecule has 16 heavy (non-hydrogen) atoms. The van der Waals surface area contributed by atoms with Crippen LogP contribution in [0.5, 0.6) is 0 Å². The van der Waals surface area contributed by atoms with Gasteiger partial charge in [-0.25, -0.2) is 0 Å². The molecule has 0 saturated heterocycles. The van der Waals surface area contributed by atoms with Gasteiger partial charge >= 0.3 is 0 Å². The summed E-state index contributed by atoms with van der Waals surface area (Å²) in [6.07, 6.45) is 0. The number of carbonyl (C=O) groups is 1. The van der Waals surface area contributed by atoms with Crippen molar-refractivity contribution in [3.05, 3.63) is 28.8 Å². The molecule has 0 aromatic heterocycles. The molecule has 4 heteroatoms. The van der Waals surface area contributed by atoms with E-state index < -0.39 is 0 Å². The van der Waals surface area contributed by atoms with Gasteiger partial charge in [-0.15, -0.1) is 0 Å². The van der Waals surface area contributed by atoms with Gasteiger partial charge in [0.15, 0.2) is 0 Å². The summed E-state index contributed by atoms with van der Waals surface area (Å²) in [6, 6.07) is 5.57. The fraction of sp³-hybridized carbons (Fsp3) is 0.417. The zero-order chi connectivity index (χ0) is 12.1. The first kappa shape index (κ1) is 13.0. The van der Waals surface area contributed by atoms with E-state index in [1.54, 1.807) is 6.07 Å². The first-order valence-electron chi connectivity index (χ1n) is 5.26. The van der Waals surface area contributed by atoms with Gasteiger partial charge in [0.1, 0.15) is 0 Å². The highest BCUT2D eigenvalue weighted by Crippen LogP contribution is 2.23. The molecule has 1 aromatic carbocycles. The Labute approximate surface area is 101 Å². The molecule has 88 valence electrons. The van der Waals surface area contributed by atoms with Gasteiger partial charge in [0, 0.05) is 12.5 Å². The van der Waals surface area contributed by atoms with Crippen molar-refractivity contribution in [2.45, 2.75) is 13.8 Å². The number of hydrogen-bond donors (Lipinski definition) is 2. The lowest BCUT2D eigenvalue weighted by molar-refractivity contribution is -0.119. The quantitative estimate of drug-likeness (QED) is 0.849. The number of amides is 1. The summed E-state index contributed by atoms with van der Waals surface area (Å²) in [6.45, 7) is 4.48. The summed E-state index contributed by atoms with van der Waals surface area (Å²) in [7, 11) is 1.82. The van der Waals surface area contributed by atoms with Crippen LogP contribution in [0.1, 0.15) is 12.5 Å². The Morgan fingerprint density at radius 2 is 2.19 bits per heavy atom. The Hall–Kier alpha value is -1.06. The van der Waals surface area contributed by atoms with Crippen molar-refractivity contribution in [1.29, 1.82) is 0 Å². The molecule has 0 radical (unpaired) electrons. The van der Waals surface area contributed by atoms with Gasteiger partial charge in [-0.3, -0.25) is 4.79 Å². The van der Waals surface area contributed by atoms with E-state index in [-0.39, 0.29) is 11.8 Å². The van der Waals surface area contributed by atoms with Crippen LogP contribution in [-0.2, 0) is 4.79 Å². The maximum Gasteiger partial charge on any atom is 0.228 e. The van der Waals surface area contributed by atoms with Crippen LogP contribution in [0.4, 0.5) is 5.69 Å². The third-order valence-corrected chi connectivity index (χ3v) is 2.67. The van der Waals surface area contributed by atoms with Crippen LogP contribution >= 0.6 is 11.6 Å². The van der Waals surface area contributed by atoms with E-state index in [4.69, 9.17) is 11.6 Å². The molecule has 0 fully saturated rings. The summed E-state index contributed by atoms with van der Waals surface area (Å²) in [5.74, 6) is -0.108. The zero-order valence-corrected chi connectivity index (χ0v) is 10.6. The van der Waals surface area contributed by atoms with E-state index in [0.29, 0.717) is 17.3 Å². The van der Waals surface area contributed by atoms with Crippen molar-refractivity contribution in [2.75, 3.05) is 18.9 Å².